The molecule has 0 bridgehead atoms. The Morgan fingerprint density at radius 2 is 1.80 bits per heavy atom. The first-order chi connectivity index (χ1) is 14.3. The second kappa shape index (κ2) is 9.67. The van der Waals surface area contributed by atoms with E-state index in [2.05, 4.69) is 5.32 Å². The fourth-order valence-corrected chi connectivity index (χ4v) is 4.87. The molecule has 1 heterocycles. The zero-order valence-corrected chi connectivity index (χ0v) is 17.7. The predicted octanol–water partition coefficient (Wildman–Crippen LogP) is -0.827. The van der Waals surface area contributed by atoms with Gasteiger partial charge in [-0.1, -0.05) is 0 Å². The van der Waals surface area contributed by atoms with Gasteiger partial charge in [-0.2, -0.15) is 0 Å². The molecule has 0 fully saturated rings. The summed E-state index contributed by atoms with van der Waals surface area (Å²) in [5, 5.41) is 40.6. The van der Waals surface area contributed by atoms with Crippen LogP contribution in [0, 0.1) is 0 Å². The number of hydrogen-bond donors (Lipinski definition) is 5. The third kappa shape index (κ3) is 4.88. The van der Waals surface area contributed by atoms with Gasteiger partial charge in [0.1, 0.15) is 0 Å². The van der Waals surface area contributed by atoms with E-state index >= 15 is 0 Å². The summed E-state index contributed by atoms with van der Waals surface area (Å²) >= 11 is -0.197. The SMILES string of the molecule is CC(O)C(CO)OC(NC(=O)c1ccc(-n2[se]c3ccccc3c2=O)cc1)C(O)O. The summed E-state index contributed by atoms with van der Waals surface area (Å²) in [6, 6.07) is 13.7. The number of nitrogens with one attached hydrogen (secondary N) is 1. The summed E-state index contributed by atoms with van der Waals surface area (Å²) < 4.78 is 7.84. The Balaban J connectivity index is 1.77. The number of ether oxygens (including phenoxy) is 1. The number of carbonyl (C=O) groups is 1. The molecule has 2 aromatic carbocycles. The van der Waals surface area contributed by atoms with Crippen LogP contribution in [0.25, 0.3) is 15.3 Å². The van der Waals surface area contributed by atoms with E-state index in [1.54, 1.807) is 21.8 Å². The van der Waals surface area contributed by atoms with E-state index in [-0.39, 0.29) is 25.9 Å². The van der Waals surface area contributed by atoms with Crippen LogP contribution in [0.15, 0.2) is 53.3 Å². The van der Waals surface area contributed by atoms with Crippen LogP contribution in [0.4, 0.5) is 0 Å². The summed E-state index contributed by atoms with van der Waals surface area (Å²) in [7, 11) is 0. The van der Waals surface area contributed by atoms with Crippen LogP contribution in [0.1, 0.15) is 17.3 Å². The zero-order chi connectivity index (χ0) is 21.8. The van der Waals surface area contributed by atoms with Gasteiger partial charge >= 0.3 is 178 Å². The van der Waals surface area contributed by atoms with Gasteiger partial charge in [0.05, 0.1) is 0 Å². The van der Waals surface area contributed by atoms with Gasteiger partial charge in [0, 0.05) is 0 Å². The van der Waals surface area contributed by atoms with Gasteiger partial charge in [0.25, 0.3) is 0 Å². The van der Waals surface area contributed by atoms with Crippen LogP contribution in [0.2, 0.25) is 0 Å². The third-order valence-corrected chi connectivity index (χ3v) is 6.77. The molecule has 0 aliphatic rings. The predicted molar refractivity (Wildman–Crippen MR) is 110 cm³/mol. The number of nitrogens with zero attached hydrogens (tertiary/aromatic N) is 1. The molecule has 5 N–H and O–H groups in total. The molecule has 0 radical (unpaired) electrons. The number of fused-ring (bicyclic) bond motifs is 1. The first kappa shape index (κ1) is 22.4. The van der Waals surface area contributed by atoms with Crippen LogP contribution in [0.5, 0.6) is 0 Å². The van der Waals surface area contributed by atoms with Gasteiger partial charge in [0.2, 0.25) is 0 Å². The molecule has 160 valence electrons. The van der Waals surface area contributed by atoms with E-state index in [4.69, 9.17) is 4.74 Å². The number of carbonyl (C=O) groups excluding carboxylic acids is 1. The molecule has 30 heavy (non-hydrogen) atoms. The van der Waals surface area contributed by atoms with E-state index in [1.807, 2.05) is 18.2 Å². The van der Waals surface area contributed by atoms with Gasteiger partial charge in [-0.15, -0.1) is 0 Å². The van der Waals surface area contributed by atoms with E-state index in [1.165, 1.54) is 19.1 Å². The molecule has 3 unspecified atom stereocenters. The number of amides is 1. The van der Waals surface area contributed by atoms with Gasteiger partial charge in [-0.3, -0.25) is 0 Å². The summed E-state index contributed by atoms with van der Waals surface area (Å²) in [5.74, 6) is -0.650. The van der Waals surface area contributed by atoms with Crippen molar-refractivity contribution in [2.24, 2.45) is 0 Å². The Morgan fingerprint density at radius 1 is 1.13 bits per heavy atom. The molecule has 9 nitrogen and oxygen atoms in total. The van der Waals surface area contributed by atoms with Crippen molar-refractivity contribution in [3.05, 3.63) is 64.4 Å². The molecule has 1 aromatic heterocycles. The van der Waals surface area contributed by atoms with Crippen molar-refractivity contribution in [3.63, 3.8) is 0 Å². The van der Waals surface area contributed by atoms with E-state index < -0.39 is 37.2 Å². The van der Waals surface area contributed by atoms with Crippen molar-refractivity contribution >= 4 is 30.3 Å². The Kier molecular flexibility index (Phi) is 7.22. The first-order valence-electron chi connectivity index (χ1n) is 9.14. The van der Waals surface area contributed by atoms with Gasteiger partial charge in [-0.25, -0.2) is 0 Å². The number of aliphatic hydroxyl groups is 4. The quantitative estimate of drug-likeness (QED) is 0.209. The Hall–Kier alpha value is -2.30. The van der Waals surface area contributed by atoms with Crippen LogP contribution in [-0.4, -0.2) is 76.0 Å². The second-order valence-corrected chi connectivity index (χ2v) is 8.71. The maximum atomic E-state index is 12.6. The Morgan fingerprint density at radius 3 is 2.37 bits per heavy atom. The molecular formula is C20H22N2O7Se. The van der Waals surface area contributed by atoms with Crippen LogP contribution >= 0.6 is 0 Å². The summed E-state index contributed by atoms with van der Waals surface area (Å²) in [6.45, 7) is 0.793. The van der Waals surface area contributed by atoms with Crippen LogP contribution in [0.3, 0.4) is 0 Å². The first-order valence-corrected chi connectivity index (χ1v) is 10.8. The molecule has 3 rings (SSSR count). The van der Waals surface area contributed by atoms with Gasteiger partial charge in [-0.05, 0) is 0 Å². The molecular weight excluding hydrogens is 459 g/mol. The molecule has 10 heteroatoms. The normalized spacial score (nSPS) is 14.6. The van der Waals surface area contributed by atoms with Crippen molar-refractivity contribution in [2.75, 3.05) is 6.61 Å². The Bertz CT molecular complexity index is 1060. The molecule has 0 aliphatic carbocycles. The molecule has 0 spiro atoms. The molecule has 0 saturated carbocycles. The Labute approximate surface area is 177 Å². The number of aliphatic hydroxyl groups excluding tert-OH is 3. The van der Waals surface area contributed by atoms with Crippen molar-refractivity contribution in [1.82, 2.24) is 8.88 Å². The number of rotatable bonds is 8. The van der Waals surface area contributed by atoms with E-state index in [9.17, 15) is 30.0 Å². The number of hydrogen-bond acceptors (Lipinski definition) is 7. The van der Waals surface area contributed by atoms with Gasteiger partial charge in [0.15, 0.2) is 0 Å². The van der Waals surface area contributed by atoms with E-state index in [0.29, 0.717) is 11.1 Å². The van der Waals surface area contributed by atoms with Crippen molar-refractivity contribution in [1.29, 1.82) is 0 Å². The standard InChI is InChI=1S/C20H22N2O7Se/c1-11(24)15(10-23)29-18(20(27)28)21-17(25)12-6-8-13(9-7-12)22-19(26)14-4-2-3-5-16(14)30-22/h2-9,11,15,18,20,23-24,27-28H,10H2,1H3,(H,21,25). The fraction of sp³-hybridized carbons (Fsp3) is 0.300. The molecule has 0 aliphatic heterocycles. The monoisotopic (exact) mass is 482 g/mol. The van der Waals surface area contributed by atoms with Crippen LogP contribution in [-0.2, 0) is 4.74 Å². The average Bonchev–Trinajstić information content (AvgIpc) is 3.07. The molecule has 3 atom stereocenters. The minimum absolute atomic E-state index is 0.0900. The topological polar surface area (TPSA) is 141 Å². The summed E-state index contributed by atoms with van der Waals surface area (Å²) in [6.07, 6.45) is -5.81. The molecule has 1 amide bonds. The van der Waals surface area contributed by atoms with Crippen LogP contribution < -0.4 is 10.9 Å². The summed E-state index contributed by atoms with van der Waals surface area (Å²) in [5.41, 5.74) is 0.771. The molecule has 0 saturated heterocycles. The minimum atomic E-state index is -2.07. The van der Waals surface area contributed by atoms with Crippen molar-refractivity contribution in [3.8, 4) is 5.69 Å². The maximum absolute atomic E-state index is 12.6. The third-order valence-electron chi connectivity index (χ3n) is 4.44. The summed E-state index contributed by atoms with van der Waals surface area (Å²) in [4.78, 5) is 25.0. The fourth-order valence-electron chi connectivity index (χ4n) is 2.78. The number of aromatic nitrogens is 1. The van der Waals surface area contributed by atoms with Crippen molar-refractivity contribution in [2.45, 2.75) is 31.6 Å². The molecule has 3 aromatic rings. The van der Waals surface area contributed by atoms with Gasteiger partial charge < -0.3 is 0 Å². The average molecular weight is 481 g/mol. The van der Waals surface area contributed by atoms with Crippen molar-refractivity contribution < 1.29 is 30.0 Å². The number of benzene rings is 2. The second-order valence-electron chi connectivity index (χ2n) is 6.64. The zero-order valence-electron chi connectivity index (χ0n) is 16.0. The van der Waals surface area contributed by atoms with E-state index in [0.717, 1.165) is 4.26 Å².